The van der Waals surface area contributed by atoms with Crippen LogP contribution in [0.2, 0.25) is 0 Å². The standard InChI is InChI=1S/C17H24N4O3/c22-16(13-3-1-7-18-11-13)20-14-5-8-21(9-6-14)17(23)19-12-15-4-2-10-24-15/h1,3,7,11,14-15H,2,4-6,8-10,12H2,(H,19,23)(H,20,22). The Balaban J connectivity index is 1.39. The number of likely N-dealkylation sites (tertiary alicyclic amines) is 1. The number of rotatable bonds is 4. The highest BCUT2D eigenvalue weighted by Crippen LogP contribution is 2.13. The molecule has 0 saturated carbocycles. The lowest BCUT2D eigenvalue weighted by atomic mass is 10.0. The minimum atomic E-state index is -0.107. The Morgan fingerprint density at radius 2 is 2.12 bits per heavy atom. The predicted molar refractivity (Wildman–Crippen MR) is 88.7 cm³/mol. The van der Waals surface area contributed by atoms with E-state index in [1.54, 1.807) is 24.5 Å². The van der Waals surface area contributed by atoms with Crippen LogP contribution in [0.5, 0.6) is 0 Å². The summed E-state index contributed by atoms with van der Waals surface area (Å²) in [7, 11) is 0. The Morgan fingerprint density at radius 1 is 1.29 bits per heavy atom. The number of ether oxygens (including phenoxy) is 1. The summed E-state index contributed by atoms with van der Waals surface area (Å²) in [5, 5.41) is 5.96. The normalized spacial score (nSPS) is 21.5. The number of nitrogens with one attached hydrogen (secondary N) is 2. The van der Waals surface area contributed by atoms with Gasteiger partial charge in [-0.25, -0.2) is 4.79 Å². The molecule has 3 amide bonds. The van der Waals surface area contributed by atoms with Crippen LogP contribution in [0, 0.1) is 0 Å². The summed E-state index contributed by atoms with van der Waals surface area (Å²) in [5.41, 5.74) is 0.564. The van der Waals surface area contributed by atoms with E-state index in [0.29, 0.717) is 25.2 Å². The molecular weight excluding hydrogens is 308 g/mol. The summed E-state index contributed by atoms with van der Waals surface area (Å²) in [6, 6.07) is 3.55. The average molecular weight is 332 g/mol. The molecule has 7 nitrogen and oxygen atoms in total. The zero-order chi connectivity index (χ0) is 16.8. The van der Waals surface area contributed by atoms with Gasteiger partial charge in [-0.3, -0.25) is 9.78 Å². The molecule has 0 spiro atoms. The lowest BCUT2D eigenvalue weighted by molar-refractivity contribution is 0.0913. The van der Waals surface area contributed by atoms with Crippen molar-refractivity contribution in [3.63, 3.8) is 0 Å². The summed E-state index contributed by atoms with van der Waals surface area (Å²) >= 11 is 0. The molecule has 1 aromatic rings. The second kappa shape index (κ2) is 8.10. The third-order valence-electron chi connectivity index (χ3n) is 4.55. The third kappa shape index (κ3) is 4.44. The van der Waals surface area contributed by atoms with E-state index in [9.17, 15) is 9.59 Å². The van der Waals surface area contributed by atoms with Gasteiger partial charge >= 0.3 is 6.03 Å². The first-order chi connectivity index (χ1) is 11.7. The number of amides is 3. The van der Waals surface area contributed by atoms with E-state index in [1.807, 2.05) is 4.90 Å². The molecule has 3 rings (SSSR count). The number of urea groups is 1. The molecule has 1 unspecified atom stereocenters. The van der Waals surface area contributed by atoms with Crippen molar-refractivity contribution in [1.82, 2.24) is 20.5 Å². The topological polar surface area (TPSA) is 83.6 Å². The van der Waals surface area contributed by atoms with Crippen molar-refractivity contribution in [3.05, 3.63) is 30.1 Å². The van der Waals surface area contributed by atoms with E-state index >= 15 is 0 Å². The van der Waals surface area contributed by atoms with E-state index < -0.39 is 0 Å². The van der Waals surface area contributed by atoms with Crippen molar-refractivity contribution >= 4 is 11.9 Å². The van der Waals surface area contributed by atoms with E-state index in [4.69, 9.17) is 4.74 Å². The Morgan fingerprint density at radius 3 is 2.79 bits per heavy atom. The van der Waals surface area contributed by atoms with Gasteiger partial charge in [-0.2, -0.15) is 0 Å². The second-order valence-corrected chi connectivity index (χ2v) is 6.30. The zero-order valence-electron chi connectivity index (χ0n) is 13.7. The van der Waals surface area contributed by atoms with Crippen LogP contribution < -0.4 is 10.6 Å². The largest absolute Gasteiger partial charge is 0.376 e. The highest BCUT2D eigenvalue weighted by molar-refractivity contribution is 5.94. The first kappa shape index (κ1) is 16.7. The highest BCUT2D eigenvalue weighted by Gasteiger charge is 2.25. The van der Waals surface area contributed by atoms with Gasteiger partial charge < -0.3 is 20.3 Å². The first-order valence-electron chi connectivity index (χ1n) is 8.57. The van der Waals surface area contributed by atoms with Crippen molar-refractivity contribution in [2.24, 2.45) is 0 Å². The molecule has 2 fully saturated rings. The lowest BCUT2D eigenvalue weighted by Gasteiger charge is -2.32. The molecule has 1 aromatic heterocycles. The summed E-state index contributed by atoms with van der Waals surface area (Å²) in [6.45, 7) is 2.67. The molecule has 2 aliphatic heterocycles. The minimum Gasteiger partial charge on any atom is -0.376 e. The smallest absolute Gasteiger partial charge is 0.317 e. The number of pyridine rings is 1. The molecule has 130 valence electrons. The van der Waals surface area contributed by atoms with Crippen LogP contribution in [0.3, 0.4) is 0 Å². The number of hydrogen-bond donors (Lipinski definition) is 2. The first-order valence-corrected chi connectivity index (χ1v) is 8.57. The molecule has 3 heterocycles. The van der Waals surface area contributed by atoms with Crippen LogP contribution in [-0.2, 0) is 4.74 Å². The van der Waals surface area contributed by atoms with E-state index in [0.717, 1.165) is 32.3 Å². The summed E-state index contributed by atoms with van der Waals surface area (Å²) in [6.07, 6.45) is 6.97. The fourth-order valence-electron chi connectivity index (χ4n) is 3.11. The van der Waals surface area contributed by atoms with Gasteiger partial charge in [0.05, 0.1) is 11.7 Å². The highest BCUT2D eigenvalue weighted by atomic mass is 16.5. The second-order valence-electron chi connectivity index (χ2n) is 6.30. The van der Waals surface area contributed by atoms with Gasteiger partial charge in [0.2, 0.25) is 0 Å². The van der Waals surface area contributed by atoms with Crippen LogP contribution in [0.4, 0.5) is 4.79 Å². The summed E-state index contributed by atoms with van der Waals surface area (Å²) in [5.74, 6) is -0.107. The fraction of sp³-hybridized carbons (Fsp3) is 0.588. The lowest BCUT2D eigenvalue weighted by Crippen LogP contribution is -2.50. The minimum absolute atomic E-state index is 0.0393. The number of nitrogens with zero attached hydrogens (tertiary/aromatic N) is 2. The quantitative estimate of drug-likeness (QED) is 0.867. The number of piperidine rings is 1. The van der Waals surface area contributed by atoms with Gasteiger partial charge in [-0.05, 0) is 37.8 Å². The maximum absolute atomic E-state index is 12.2. The molecule has 2 N–H and O–H groups in total. The molecule has 0 aliphatic carbocycles. The van der Waals surface area contributed by atoms with Crippen molar-refractivity contribution in [2.45, 2.75) is 37.8 Å². The maximum Gasteiger partial charge on any atom is 0.317 e. The summed E-state index contributed by atoms with van der Waals surface area (Å²) < 4.78 is 5.51. The van der Waals surface area contributed by atoms with Crippen LogP contribution >= 0.6 is 0 Å². The third-order valence-corrected chi connectivity index (χ3v) is 4.55. The van der Waals surface area contributed by atoms with Gasteiger partial charge in [0.15, 0.2) is 0 Å². The summed E-state index contributed by atoms with van der Waals surface area (Å²) in [4.78, 5) is 30.1. The van der Waals surface area contributed by atoms with Gasteiger partial charge in [-0.1, -0.05) is 0 Å². The fourth-order valence-corrected chi connectivity index (χ4v) is 3.11. The van der Waals surface area contributed by atoms with Crippen molar-refractivity contribution in [2.75, 3.05) is 26.2 Å². The Hall–Kier alpha value is -2.15. The van der Waals surface area contributed by atoms with Crippen LogP contribution in [0.25, 0.3) is 0 Å². The zero-order valence-corrected chi connectivity index (χ0v) is 13.7. The van der Waals surface area contributed by atoms with Crippen molar-refractivity contribution in [3.8, 4) is 0 Å². The number of aromatic nitrogens is 1. The Kier molecular flexibility index (Phi) is 5.63. The van der Waals surface area contributed by atoms with E-state index in [1.165, 1.54) is 0 Å². The predicted octanol–water partition coefficient (Wildman–Crippen LogP) is 1.16. The molecule has 2 saturated heterocycles. The molecule has 0 bridgehead atoms. The van der Waals surface area contributed by atoms with Gasteiger partial charge in [0.1, 0.15) is 0 Å². The SMILES string of the molecule is O=C(NC1CCN(C(=O)NCC2CCCO2)CC1)c1cccnc1. The van der Waals surface area contributed by atoms with Crippen molar-refractivity contribution in [1.29, 1.82) is 0 Å². The van der Waals surface area contributed by atoms with Crippen molar-refractivity contribution < 1.29 is 14.3 Å². The van der Waals surface area contributed by atoms with E-state index in [2.05, 4.69) is 15.6 Å². The molecule has 0 aromatic carbocycles. The van der Waals surface area contributed by atoms with E-state index in [-0.39, 0.29) is 24.1 Å². The Bertz CT molecular complexity index is 552. The maximum atomic E-state index is 12.2. The molecule has 0 radical (unpaired) electrons. The van der Waals surface area contributed by atoms with Crippen LogP contribution in [0.15, 0.2) is 24.5 Å². The molecule has 7 heteroatoms. The monoisotopic (exact) mass is 332 g/mol. The van der Waals surface area contributed by atoms with Gasteiger partial charge in [0.25, 0.3) is 5.91 Å². The van der Waals surface area contributed by atoms with Gasteiger partial charge in [-0.15, -0.1) is 0 Å². The molecule has 24 heavy (non-hydrogen) atoms. The van der Waals surface area contributed by atoms with Crippen LogP contribution in [-0.4, -0.2) is 60.2 Å². The average Bonchev–Trinajstić information content (AvgIpc) is 3.14. The number of hydrogen-bond acceptors (Lipinski definition) is 4. The Labute approximate surface area is 141 Å². The molecule has 2 aliphatic rings. The number of carbonyl (C=O) groups excluding carboxylic acids is 2. The number of carbonyl (C=O) groups is 2. The molecular formula is C17H24N4O3. The molecule has 1 atom stereocenters. The van der Waals surface area contributed by atoms with Crippen LogP contribution in [0.1, 0.15) is 36.0 Å². The van der Waals surface area contributed by atoms with Gasteiger partial charge in [0, 0.05) is 44.7 Å².